The third-order valence-electron chi connectivity index (χ3n) is 2.37. The van der Waals surface area contributed by atoms with Crippen LogP contribution in [0.5, 0.6) is 5.75 Å². The molecule has 0 heterocycles. The first-order chi connectivity index (χ1) is 7.61. The zero-order valence-corrected chi connectivity index (χ0v) is 9.53. The van der Waals surface area contributed by atoms with Crippen molar-refractivity contribution in [2.75, 3.05) is 13.1 Å². The molecule has 1 aromatic rings. The molecule has 1 N–H and O–H groups in total. The molecule has 0 atom stereocenters. The highest BCUT2D eigenvalue weighted by Crippen LogP contribution is 2.21. The Balaban J connectivity index is 3.03. The van der Waals surface area contributed by atoms with Crippen molar-refractivity contribution in [3.8, 4) is 5.75 Å². The molecule has 0 aromatic heterocycles. The Morgan fingerprint density at radius 3 is 2.62 bits per heavy atom. The van der Waals surface area contributed by atoms with E-state index in [-0.39, 0.29) is 11.3 Å². The molecular weight excluding hydrogens is 209 g/mol. The van der Waals surface area contributed by atoms with E-state index in [1.165, 1.54) is 23.1 Å². The molecule has 88 valence electrons. The number of carbonyl (C=O) groups excluding carboxylic acids is 1. The van der Waals surface area contributed by atoms with Crippen LogP contribution in [0.25, 0.3) is 0 Å². The Hall–Kier alpha value is -1.58. The standard InChI is InChI=1S/C12H16FNO2/c1-3-8-14(4-2)12(16)11-9(13)6-5-7-10(11)15/h5-7,15H,3-4,8H2,1-2H3. The van der Waals surface area contributed by atoms with E-state index in [9.17, 15) is 14.3 Å². The molecule has 0 saturated heterocycles. The lowest BCUT2D eigenvalue weighted by atomic mass is 10.1. The van der Waals surface area contributed by atoms with Gasteiger partial charge in [0.2, 0.25) is 0 Å². The van der Waals surface area contributed by atoms with Gasteiger partial charge < -0.3 is 10.0 Å². The predicted octanol–water partition coefficient (Wildman–Crippen LogP) is 2.40. The third-order valence-corrected chi connectivity index (χ3v) is 2.37. The van der Waals surface area contributed by atoms with Crippen LogP contribution in [0.2, 0.25) is 0 Å². The fourth-order valence-corrected chi connectivity index (χ4v) is 1.56. The molecule has 0 aliphatic rings. The van der Waals surface area contributed by atoms with Crippen LogP contribution in [-0.2, 0) is 0 Å². The number of rotatable bonds is 4. The van der Waals surface area contributed by atoms with Crippen molar-refractivity contribution in [3.63, 3.8) is 0 Å². The van der Waals surface area contributed by atoms with Gasteiger partial charge in [0.15, 0.2) is 0 Å². The zero-order chi connectivity index (χ0) is 12.1. The monoisotopic (exact) mass is 225 g/mol. The molecule has 0 saturated carbocycles. The summed E-state index contributed by atoms with van der Waals surface area (Å²) in [6.07, 6.45) is 0.800. The summed E-state index contributed by atoms with van der Waals surface area (Å²) in [5.41, 5.74) is -0.238. The van der Waals surface area contributed by atoms with Crippen LogP contribution in [0.1, 0.15) is 30.6 Å². The van der Waals surface area contributed by atoms with Crippen molar-refractivity contribution < 1.29 is 14.3 Å². The Labute approximate surface area is 94.5 Å². The van der Waals surface area contributed by atoms with Crippen molar-refractivity contribution in [2.45, 2.75) is 20.3 Å². The highest BCUT2D eigenvalue weighted by atomic mass is 19.1. The minimum atomic E-state index is -0.681. The average molecular weight is 225 g/mol. The first-order valence-electron chi connectivity index (χ1n) is 5.38. The van der Waals surface area contributed by atoms with Gasteiger partial charge in [0.25, 0.3) is 5.91 Å². The molecule has 0 unspecified atom stereocenters. The van der Waals surface area contributed by atoms with Crippen molar-refractivity contribution in [3.05, 3.63) is 29.6 Å². The number of halogens is 1. The summed E-state index contributed by atoms with van der Waals surface area (Å²) in [4.78, 5) is 13.4. The van der Waals surface area contributed by atoms with Gasteiger partial charge in [-0.05, 0) is 25.5 Å². The molecule has 3 nitrogen and oxygen atoms in total. The van der Waals surface area contributed by atoms with Crippen molar-refractivity contribution >= 4 is 5.91 Å². The Bertz CT molecular complexity index is 359. The number of hydrogen-bond acceptors (Lipinski definition) is 2. The number of benzene rings is 1. The normalized spacial score (nSPS) is 10.2. The summed E-state index contributed by atoms with van der Waals surface area (Å²) >= 11 is 0. The predicted molar refractivity (Wildman–Crippen MR) is 59.9 cm³/mol. The van der Waals surface area contributed by atoms with E-state index >= 15 is 0 Å². The maximum absolute atomic E-state index is 13.4. The highest BCUT2D eigenvalue weighted by Gasteiger charge is 2.20. The molecule has 1 rings (SSSR count). The molecule has 0 aliphatic heterocycles. The van der Waals surface area contributed by atoms with Crippen LogP contribution >= 0.6 is 0 Å². The Morgan fingerprint density at radius 1 is 1.44 bits per heavy atom. The van der Waals surface area contributed by atoms with E-state index in [4.69, 9.17) is 0 Å². The smallest absolute Gasteiger partial charge is 0.260 e. The number of amides is 1. The van der Waals surface area contributed by atoms with Gasteiger partial charge in [0.05, 0.1) is 0 Å². The van der Waals surface area contributed by atoms with Gasteiger partial charge in [-0.1, -0.05) is 13.0 Å². The number of aromatic hydroxyl groups is 1. The average Bonchev–Trinajstić information content (AvgIpc) is 2.25. The first kappa shape index (κ1) is 12.5. The van der Waals surface area contributed by atoms with Crippen LogP contribution < -0.4 is 0 Å². The largest absolute Gasteiger partial charge is 0.507 e. The van der Waals surface area contributed by atoms with Gasteiger partial charge in [-0.25, -0.2) is 4.39 Å². The van der Waals surface area contributed by atoms with Crippen molar-refractivity contribution in [1.29, 1.82) is 0 Å². The van der Waals surface area contributed by atoms with Crippen LogP contribution in [0.15, 0.2) is 18.2 Å². The molecule has 1 aromatic carbocycles. The van der Waals surface area contributed by atoms with E-state index < -0.39 is 11.7 Å². The van der Waals surface area contributed by atoms with Crippen LogP contribution in [0.3, 0.4) is 0 Å². The number of phenolic OH excluding ortho intramolecular Hbond substituents is 1. The van der Waals surface area contributed by atoms with Crippen molar-refractivity contribution in [1.82, 2.24) is 4.90 Å². The minimum Gasteiger partial charge on any atom is -0.507 e. The topological polar surface area (TPSA) is 40.5 Å². The molecule has 16 heavy (non-hydrogen) atoms. The van der Waals surface area contributed by atoms with E-state index in [1.807, 2.05) is 13.8 Å². The third kappa shape index (κ3) is 2.51. The number of phenols is 1. The molecule has 0 radical (unpaired) electrons. The lowest BCUT2D eigenvalue weighted by molar-refractivity contribution is 0.0756. The summed E-state index contributed by atoms with van der Waals surface area (Å²) < 4.78 is 13.4. The van der Waals surface area contributed by atoms with Crippen LogP contribution in [-0.4, -0.2) is 29.0 Å². The maximum atomic E-state index is 13.4. The second-order valence-electron chi connectivity index (χ2n) is 3.52. The number of carbonyl (C=O) groups is 1. The van der Waals surface area contributed by atoms with Gasteiger partial charge in [-0.15, -0.1) is 0 Å². The van der Waals surface area contributed by atoms with Gasteiger partial charge in [0, 0.05) is 13.1 Å². The lowest BCUT2D eigenvalue weighted by Crippen LogP contribution is -2.32. The first-order valence-corrected chi connectivity index (χ1v) is 5.38. The van der Waals surface area contributed by atoms with E-state index in [2.05, 4.69) is 0 Å². The quantitative estimate of drug-likeness (QED) is 0.854. The number of hydrogen-bond donors (Lipinski definition) is 1. The summed E-state index contributed by atoms with van der Waals surface area (Å²) in [5.74, 6) is -1.45. The van der Waals surface area contributed by atoms with Crippen LogP contribution in [0.4, 0.5) is 4.39 Å². The number of nitrogens with zero attached hydrogens (tertiary/aromatic N) is 1. The second-order valence-corrected chi connectivity index (χ2v) is 3.52. The van der Waals surface area contributed by atoms with Gasteiger partial charge in [0.1, 0.15) is 17.1 Å². The van der Waals surface area contributed by atoms with E-state index in [0.29, 0.717) is 13.1 Å². The summed E-state index contributed by atoms with van der Waals surface area (Å²) in [6.45, 7) is 4.83. The molecule has 0 aliphatic carbocycles. The molecular formula is C12H16FNO2. The van der Waals surface area contributed by atoms with E-state index in [1.54, 1.807) is 0 Å². The fraction of sp³-hybridized carbons (Fsp3) is 0.417. The molecule has 0 bridgehead atoms. The van der Waals surface area contributed by atoms with Gasteiger partial charge >= 0.3 is 0 Å². The second kappa shape index (κ2) is 5.49. The van der Waals surface area contributed by atoms with Crippen molar-refractivity contribution in [2.24, 2.45) is 0 Å². The summed E-state index contributed by atoms with van der Waals surface area (Å²) in [5, 5.41) is 9.49. The van der Waals surface area contributed by atoms with Crippen LogP contribution in [0, 0.1) is 5.82 Å². The summed E-state index contributed by atoms with van der Waals surface area (Å²) in [6, 6.07) is 3.86. The SMILES string of the molecule is CCCN(CC)C(=O)c1c(O)cccc1F. The summed E-state index contributed by atoms with van der Waals surface area (Å²) in [7, 11) is 0. The lowest BCUT2D eigenvalue weighted by Gasteiger charge is -2.20. The Morgan fingerprint density at radius 2 is 2.12 bits per heavy atom. The zero-order valence-electron chi connectivity index (χ0n) is 9.53. The highest BCUT2D eigenvalue weighted by molar-refractivity contribution is 5.97. The minimum absolute atomic E-state index is 0.238. The Kier molecular flexibility index (Phi) is 4.28. The molecule has 0 fully saturated rings. The molecule has 1 amide bonds. The molecule has 0 spiro atoms. The molecule has 4 heteroatoms. The van der Waals surface area contributed by atoms with Gasteiger partial charge in [-0.3, -0.25) is 4.79 Å². The van der Waals surface area contributed by atoms with E-state index in [0.717, 1.165) is 6.42 Å². The van der Waals surface area contributed by atoms with Gasteiger partial charge in [-0.2, -0.15) is 0 Å². The fourth-order valence-electron chi connectivity index (χ4n) is 1.56. The maximum Gasteiger partial charge on any atom is 0.260 e.